The monoisotopic (exact) mass is 323 g/mol. The van der Waals surface area contributed by atoms with E-state index in [0.29, 0.717) is 36.8 Å². The Balaban J connectivity index is 2.05. The van der Waals surface area contributed by atoms with Gasteiger partial charge in [-0.15, -0.1) is 0 Å². The summed E-state index contributed by atoms with van der Waals surface area (Å²) in [6.07, 6.45) is 1.64. The number of carbonyl (C=O) groups excluding carboxylic acids is 2. The molecule has 0 spiro atoms. The zero-order valence-electron chi connectivity index (χ0n) is 12.8. The van der Waals surface area contributed by atoms with Crippen molar-refractivity contribution in [3.63, 3.8) is 0 Å². The number of amides is 2. The minimum atomic E-state index is -0.156. The van der Waals surface area contributed by atoms with Crippen LogP contribution in [0.2, 0.25) is 5.02 Å². The lowest BCUT2D eigenvalue weighted by molar-refractivity contribution is -0.126. The topological polar surface area (TPSA) is 75.4 Å². The van der Waals surface area contributed by atoms with Gasteiger partial charge in [-0.1, -0.05) is 11.6 Å². The van der Waals surface area contributed by atoms with Crippen LogP contribution in [0.5, 0.6) is 0 Å². The van der Waals surface area contributed by atoms with Crippen molar-refractivity contribution in [3.8, 4) is 0 Å². The molecule has 6 heteroatoms. The Kier molecular flexibility index (Phi) is 5.80. The molecule has 2 amide bonds. The fourth-order valence-corrected chi connectivity index (χ4v) is 2.98. The summed E-state index contributed by atoms with van der Waals surface area (Å²) in [6, 6.07) is 5.25. The molecule has 1 heterocycles. The van der Waals surface area contributed by atoms with Gasteiger partial charge < -0.3 is 16.0 Å². The van der Waals surface area contributed by atoms with Gasteiger partial charge in [-0.2, -0.15) is 0 Å². The van der Waals surface area contributed by atoms with Crippen molar-refractivity contribution in [2.75, 3.05) is 26.2 Å². The highest BCUT2D eigenvalue weighted by molar-refractivity contribution is 6.30. The molecule has 1 fully saturated rings. The van der Waals surface area contributed by atoms with Crippen LogP contribution in [0.15, 0.2) is 18.2 Å². The van der Waals surface area contributed by atoms with E-state index >= 15 is 0 Å². The van der Waals surface area contributed by atoms with Crippen LogP contribution < -0.4 is 11.1 Å². The van der Waals surface area contributed by atoms with Gasteiger partial charge >= 0.3 is 0 Å². The van der Waals surface area contributed by atoms with Crippen LogP contribution >= 0.6 is 11.6 Å². The highest BCUT2D eigenvalue weighted by atomic mass is 35.5. The van der Waals surface area contributed by atoms with Gasteiger partial charge in [-0.25, -0.2) is 0 Å². The van der Waals surface area contributed by atoms with Crippen molar-refractivity contribution in [3.05, 3.63) is 34.3 Å². The molecular weight excluding hydrogens is 302 g/mol. The molecule has 0 radical (unpaired) electrons. The zero-order chi connectivity index (χ0) is 16.1. The summed E-state index contributed by atoms with van der Waals surface area (Å²) in [5, 5.41) is 3.42. The van der Waals surface area contributed by atoms with E-state index in [1.54, 1.807) is 23.1 Å². The Labute approximate surface area is 135 Å². The third kappa shape index (κ3) is 3.99. The standard InChI is InChI=1S/C16H22ClN3O2/c1-11-9-13(17)4-5-14(11)16(22)20-8-2-3-12(10-20)15(21)19-7-6-18/h4-5,9,12H,2-3,6-8,10,18H2,1H3,(H,19,21). The van der Waals surface area contributed by atoms with E-state index in [-0.39, 0.29) is 17.7 Å². The molecule has 3 N–H and O–H groups in total. The van der Waals surface area contributed by atoms with Crippen LogP contribution in [0.25, 0.3) is 0 Å². The Bertz CT molecular complexity index is 562. The van der Waals surface area contributed by atoms with Gasteiger partial charge in [0.2, 0.25) is 5.91 Å². The summed E-state index contributed by atoms with van der Waals surface area (Å²) in [7, 11) is 0. The molecule has 1 aliphatic rings. The van der Waals surface area contributed by atoms with E-state index in [1.165, 1.54) is 0 Å². The molecule has 0 bridgehead atoms. The first kappa shape index (κ1) is 16.8. The lowest BCUT2D eigenvalue weighted by Crippen LogP contribution is -2.46. The largest absolute Gasteiger partial charge is 0.355 e. The maximum Gasteiger partial charge on any atom is 0.254 e. The van der Waals surface area contributed by atoms with E-state index in [0.717, 1.165) is 18.4 Å². The highest BCUT2D eigenvalue weighted by Gasteiger charge is 2.29. The molecule has 5 nitrogen and oxygen atoms in total. The Morgan fingerprint density at radius 2 is 2.23 bits per heavy atom. The van der Waals surface area contributed by atoms with E-state index in [4.69, 9.17) is 17.3 Å². The smallest absolute Gasteiger partial charge is 0.254 e. The Morgan fingerprint density at radius 3 is 2.91 bits per heavy atom. The zero-order valence-corrected chi connectivity index (χ0v) is 13.5. The minimum Gasteiger partial charge on any atom is -0.355 e. The average Bonchev–Trinajstić information content (AvgIpc) is 2.52. The van der Waals surface area contributed by atoms with Crippen molar-refractivity contribution in [2.45, 2.75) is 19.8 Å². The van der Waals surface area contributed by atoms with Crippen LogP contribution in [0.1, 0.15) is 28.8 Å². The number of nitrogens with zero attached hydrogens (tertiary/aromatic N) is 1. The molecule has 0 saturated carbocycles. The number of nitrogens with two attached hydrogens (primary N) is 1. The number of hydrogen-bond acceptors (Lipinski definition) is 3. The number of halogens is 1. The molecule has 0 aromatic heterocycles. The normalized spacial score (nSPS) is 18.1. The second kappa shape index (κ2) is 7.61. The van der Waals surface area contributed by atoms with Crippen LogP contribution in [0, 0.1) is 12.8 Å². The molecule has 1 aromatic rings. The number of aryl methyl sites for hydroxylation is 1. The second-order valence-electron chi connectivity index (χ2n) is 5.63. The first-order chi connectivity index (χ1) is 10.5. The molecule has 1 atom stereocenters. The lowest BCUT2D eigenvalue weighted by atomic mass is 9.96. The predicted molar refractivity (Wildman–Crippen MR) is 86.9 cm³/mol. The average molecular weight is 324 g/mol. The van der Waals surface area contributed by atoms with Crippen molar-refractivity contribution < 1.29 is 9.59 Å². The Hall–Kier alpha value is -1.59. The van der Waals surface area contributed by atoms with E-state index in [2.05, 4.69) is 5.32 Å². The van der Waals surface area contributed by atoms with Crippen molar-refractivity contribution >= 4 is 23.4 Å². The van der Waals surface area contributed by atoms with E-state index < -0.39 is 0 Å². The lowest BCUT2D eigenvalue weighted by Gasteiger charge is -2.32. The van der Waals surface area contributed by atoms with Crippen LogP contribution in [-0.2, 0) is 4.79 Å². The third-order valence-corrected chi connectivity index (χ3v) is 4.18. The summed E-state index contributed by atoms with van der Waals surface area (Å²) < 4.78 is 0. The van der Waals surface area contributed by atoms with Gasteiger partial charge in [-0.05, 0) is 43.5 Å². The summed E-state index contributed by atoms with van der Waals surface area (Å²) in [5.74, 6) is -0.210. The molecule has 22 heavy (non-hydrogen) atoms. The number of nitrogens with one attached hydrogen (secondary N) is 1. The van der Waals surface area contributed by atoms with Crippen LogP contribution in [0.3, 0.4) is 0 Å². The molecular formula is C16H22ClN3O2. The van der Waals surface area contributed by atoms with Gasteiger partial charge in [0, 0.05) is 36.8 Å². The second-order valence-corrected chi connectivity index (χ2v) is 6.07. The number of carbonyl (C=O) groups is 2. The minimum absolute atomic E-state index is 0.0178. The first-order valence-electron chi connectivity index (χ1n) is 7.56. The highest BCUT2D eigenvalue weighted by Crippen LogP contribution is 2.21. The summed E-state index contributed by atoms with van der Waals surface area (Å²) in [6.45, 7) is 3.90. The number of piperidine rings is 1. The van der Waals surface area contributed by atoms with Crippen molar-refractivity contribution in [1.82, 2.24) is 10.2 Å². The molecule has 2 rings (SSSR count). The SMILES string of the molecule is Cc1cc(Cl)ccc1C(=O)N1CCCC(C(=O)NCCN)C1. The number of likely N-dealkylation sites (tertiary alicyclic amines) is 1. The maximum absolute atomic E-state index is 12.6. The van der Waals surface area contributed by atoms with Gasteiger partial charge in [0.05, 0.1) is 5.92 Å². The van der Waals surface area contributed by atoms with E-state index in [9.17, 15) is 9.59 Å². The first-order valence-corrected chi connectivity index (χ1v) is 7.94. The van der Waals surface area contributed by atoms with E-state index in [1.807, 2.05) is 6.92 Å². The predicted octanol–water partition coefficient (Wildman–Crippen LogP) is 1.58. The fourth-order valence-electron chi connectivity index (χ4n) is 2.75. The van der Waals surface area contributed by atoms with Gasteiger partial charge in [-0.3, -0.25) is 9.59 Å². The van der Waals surface area contributed by atoms with Crippen molar-refractivity contribution in [2.24, 2.45) is 11.7 Å². The van der Waals surface area contributed by atoms with Crippen LogP contribution in [-0.4, -0.2) is 42.9 Å². The maximum atomic E-state index is 12.6. The van der Waals surface area contributed by atoms with Gasteiger partial charge in [0.15, 0.2) is 0 Å². The van der Waals surface area contributed by atoms with Crippen LogP contribution in [0.4, 0.5) is 0 Å². The van der Waals surface area contributed by atoms with Gasteiger partial charge in [0.25, 0.3) is 5.91 Å². The quantitative estimate of drug-likeness (QED) is 0.883. The third-order valence-electron chi connectivity index (χ3n) is 3.94. The number of benzene rings is 1. The molecule has 1 aromatic carbocycles. The van der Waals surface area contributed by atoms with Gasteiger partial charge in [0.1, 0.15) is 0 Å². The molecule has 120 valence electrons. The number of hydrogen-bond donors (Lipinski definition) is 2. The summed E-state index contributed by atoms with van der Waals surface area (Å²) in [5.41, 5.74) is 6.90. The fraction of sp³-hybridized carbons (Fsp3) is 0.500. The molecule has 1 saturated heterocycles. The summed E-state index contributed by atoms with van der Waals surface area (Å²) in [4.78, 5) is 26.5. The van der Waals surface area contributed by atoms with Crippen molar-refractivity contribution in [1.29, 1.82) is 0 Å². The Morgan fingerprint density at radius 1 is 1.45 bits per heavy atom. The summed E-state index contributed by atoms with van der Waals surface area (Å²) >= 11 is 5.93. The molecule has 1 unspecified atom stereocenters. The molecule has 0 aliphatic carbocycles. The molecule has 1 aliphatic heterocycles. The number of rotatable bonds is 4.